The minimum absolute atomic E-state index is 0.803. The van der Waals surface area contributed by atoms with Gasteiger partial charge in [0.15, 0.2) is 11.0 Å². The summed E-state index contributed by atoms with van der Waals surface area (Å²) in [5.74, 6) is 2.47. The molecular formula is C21H23N3OS. The molecule has 5 heteroatoms. The van der Waals surface area contributed by atoms with Crippen molar-refractivity contribution in [2.75, 3.05) is 12.9 Å². The summed E-state index contributed by atoms with van der Waals surface area (Å²) in [6.07, 6.45) is 0.918. The lowest BCUT2D eigenvalue weighted by molar-refractivity contribution is 0.415. The average molecular weight is 366 g/mol. The van der Waals surface area contributed by atoms with E-state index in [4.69, 9.17) is 4.74 Å². The summed E-state index contributed by atoms with van der Waals surface area (Å²) in [6, 6.07) is 18.4. The van der Waals surface area contributed by atoms with Crippen molar-refractivity contribution in [2.24, 2.45) is 0 Å². The molecule has 2 aromatic carbocycles. The van der Waals surface area contributed by atoms with Gasteiger partial charge in [0.2, 0.25) is 0 Å². The SMILES string of the molecule is C=C(C)CSc1nnc(-c2ccccc2OC)n1CCc1ccccc1. The molecule has 0 fully saturated rings. The molecule has 0 radical (unpaired) electrons. The smallest absolute Gasteiger partial charge is 0.191 e. The van der Waals surface area contributed by atoms with Crippen LogP contribution in [0.4, 0.5) is 0 Å². The van der Waals surface area contributed by atoms with Crippen molar-refractivity contribution in [3.63, 3.8) is 0 Å². The molecule has 1 aromatic heterocycles. The number of ether oxygens (including phenoxy) is 1. The van der Waals surface area contributed by atoms with Gasteiger partial charge in [-0.3, -0.25) is 0 Å². The van der Waals surface area contributed by atoms with Gasteiger partial charge in [-0.2, -0.15) is 0 Å². The lowest BCUT2D eigenvalue weighted by atomic mass is 10.1. The monoisotopic (exact) mass is 365 g/mol. The highest BCUT2D eigenvalue weighted by Gasteiger charge is 2.17. The van der Waals surface area contributed by atoms with E-state index in [0.717, 1.165) is 46.6 Å². The van der Waals surface area contributed by atoms with Crippen LogP contribution in [-0.4, -0.2) is 27.6 Å². The fraction of sp³-hybridized carbons (Fsp3) is 0.238. The van der Waals surface area contributed by atoms with Gasteiger partial charge in [0.25, 0.3) is 0 Å². The molecular weight excluding hydrogens is 342 g/mol. The largest absolute Gasteiger partial charge is 0.496 e. The third kappa shape index (κ3) is 4.35. The van der Waals surface area contributed by atoms with Crippen LogP contribution in [0.3, 0.4) is 0 Å². The summed E-state index contributed by atoms with van der Waals surface area (Å²) < 4.78 is 7.70. The van der Waals surface area contributed by atoms with E-state index in [1.807, 2.05) is 37.3 Å². The van der Waals surface area contributed by atoms with Gasteiger partial charge < -0.3 is 9.30 Å². The van der Waals surface area contributed by atoms with Crippen LogP contribution >= 0.6 is 11.8 Å². The molecule has 3 aromatic rings. The fourth-order valence-corrected chi connectivity index (χ4v) is 3.51. The summed E-state index contributed by atoms with van der Waals surface area (Å²) >= 11 is 1.67. The van der Waals surface area contributed by atoms with Gasteiger partial charge in [0.1, 0.15) is 5.75 Å². The number of hydrogen-bond acceptors (Lipinski definition) is 4. The standard InChI is InChI=1S/C21H23N3OS/c1-16(2)15-26-21-23-22-20(18-11-7-8-12-19(18)25-3)24(21)14-13-17-9-5-4-6-10-17/h4-12H,1,13-15H2,2-3H3. The second-order valence-corrected chi connectivity index (χ2v) is 7.08. The molecule has 0 unspecified atom stereocenters. The van der Waals surface area contributed by atoms with Crippen molar-refractivity contribution in [1.29, 1.82) is 0 Å². The third-order valence-corrected chi connectivity index (χ3v) is 5.18. The van der Waals surface area contributed by atoms with Crippen molar-refractivity contribution in [2.45, 2.75) is 25.0 Å². The number of benzene rings is 2. The van der Waals surface area contributed by atoms with Gasteiger partial charge in [-0.05, 0) is 31.0 Å². The first-order valence-electron chi connectivity index (χ1n) is 8.56. The maximum atomic E-state index is 5.52. The lowest BCUT2D eigenvalue weighted by Crippen LogP contribution is -2.06. The van der Waals surface area contributed by atoms with E-state index in [-0.39, 0.29) is 0 Å². The molecule has 0 bridgehead atoms. The Kier molecular flexibility index (Phi) is 6.12. The second-order valence-electron chi connectivity index (χ2n) is 6.14. The number of para-hydroxylation sites is 1. The van der Waals surface area contributed by atoms with Crippen molar-refractivity contribution in [3.05, 3.63) is 72.3 Å². The van der Waals surface area contributed by atoms with Gasteiger partial charge in [0, 0.05) is 12.3 Å². The number of methoxy groups -OCH3 is 1. The topological polar surface area (TPSA) is 39.9 Å². The fourth-order valence-electron chi connectivity index (χ4n) is 2.70. The molecule has 0 saturated carbocycles. The predicted octanol–water partition coefficient (Wildman–Crippen LogP) is 4.86. The number of aromatic nitrogens is 3. The molecule has 0 aliphatic heterocycles. The Balaban J connectivity index is 1.94. The Morgan fingerprint density at radius 2 is 1.81 bits per heavy atom. The van der Waals surface area contributed by atoms with Crippen molar-refractivity contribution in [3.8, 4) is 17.1 Å². The Hall–Kier alpha value is -2.53. The van der Waals surface area contributed by atoms with Crippen LogP contribution < -0.4 is 4.74 Å². The molecule has 0 saturated heterocycles. The van der Waals surface area contributed by atoms with Crippen LogP contribution in [-0.2, 0) is 13.0 Å². The zero-order chi connectivity index (χ0) is 18.4. The molecule has 0 N–H and O–H groups in total. The van der Waals surface area contributed by atoms with E-state index < -0.39 is 0 Å². The Labute approximate surface area is 158 Å². The van der Waals surface area contributed by atoms with Gasteiger partial charge in [-0.25, -0.2) is 0 Å². The highest BCUT2D eigenvalue weighted by atomic mass is 32.2. The molecule has 0 aliphatic carbocycles. The molecule has 3 rings (SSSR count). The summed E-state index contributed by atoms with van der Waals surface area (Å²) in [5, 5.41) is 9.81. The Morgan fingerprint density at radius 3 is 2.54 bits per heavy atom. The van der Waals surface area contributed by atoms with Gasteiger partial charge in [-0.1, -0.05) is 66.4 Å². The van der Waals surface area contributed by atoms with Crippen molar-refractivity contribution in [1.82, 2.24) is 14.8 Å². The summed E-state index contributed by atoms with van der Waals surface area (Å²) in [4.78, 5) is 0. The van der Waals surface area contributed by atoms with E-state index in [1.54, 1.807) is 18.9 Å². The Bertz CT molecular complexity index is 874. The maximum absolute atomic E-state index is 5.52. The minimum atomic E-state index is 0.803. The van der Waals surface area contributed by atoms with Crippen LogP contribution in [0, 0.1) is 0 Å². The van der Waals surface area contributed by atoms with Crippen LogP contribution in [0.5, 0.6) is 5.75 Å². The molecule has 134 valence electrons. The van der Waals surface area contributed by atoms with Crippen LogP contribution in [0.2, 0.25) is 0 Å². The molecule has 26 heavy (non-hydrogen) atoms. The average Bonchev–Trinajstić information content (AvgIpc) is 3.08. The quantitative estimate of drug-likeness (QED) is 0.422. The zero-order valence-corrected chi connectivity index (χ0v) is 16.0. The Morgan fingerprint density at radius 1 is 1.08 bits per heavy atom. The van der Waals surface area contributed by atoms with Crippen molar-refractivity contribution < 1.29 is 4.74 Å². The van der Waals surface area contributed by atoms with E-state index in [2.05, 4.69) is 45.6 Å². The zero-order valence-electron chi connectivity index (χ0n) is 15.2. The molecule has 0 amide bonds. The summed E-state index contributed by atoms with van der Waals surface area (Å²) in [5.41, 5.74) is 3.37. The minimum Gasteiger partial charge on any atom is -0.496 e. The normalized spacial score (nSPS) is 10.7. The molecule has 0 aliphatic rings. The summed E-state index contributed by atoms with van der Waals surface area (Å²) in [6.45, 7) is 6.82. The second kappa shape index (κ2) is 8.72. The van der Waals surface area contributed by atoms with Crippen LogP contribution in [0.25, 0.3) is 11.4 Å². The predicted molar refractivity (Wildman–Crippen MR) is 108 cm³/mol. The molecule has 0 spiro atoms. The molecule has 4 nitrogen and oxygen atoms in total. The number of rotatable bonds is 8. The van der Waals surface area contributed by atoms with Crippen molar-refractivity contribution >= 4 is 11.8 Å². The summed E-state index contributed by atoms with van der Waals surface area (Å²) in [7, 11) is 1.68. The van der Waals surface area contributed by atoms with Gasteiger partial charge >= 0.3 is 0 Å². The maximum Gasteiger partial charge on any atom is 0.191 e. The number of hydrogen-bond donors (Lipinski definition) is 0. The van der Waals surface area contributed by atoms with Gasteiger partial charge in [0.05, 0.1) is 12.7 Å². The first kappa shape index (κ1) is 18.3. The van der Waals surface area contributed by atoms with E-state index in [9.17, 15) is 0 Å². The van der Waals surface area contributed by atoms with Gasteiger partial charge in [-0.15, -0.1) is 10.2 Å². The van der Waals surface area contributed by atoms with E-state index in [1.165, 1.54) is 5.56 Å². The van der Waals surface area contributed by atoms with E-state index in [0.29, 0.717) is 0 Å². The van der Waals surface area contributed by atoms with E-state index >= 15 is 0 Å². The third-order valence-electron chi connectivity index (χ3n) is 3.98. The molecule has 0 atom stereocenters. The number of aryl methyl sites for hydroxylation is 1. The highest BCUT2D eigenvalue weighted by Crippen LogP contribution is 2.31. The number of nitrogens with zero attached hydrogens (tertiary/aromatic N) is 3. The lowest BCUT2D eigenvalue weighted by Gasteiger charge is -2.12. The molecule has 1 heterocycles. The van der Waals surface area contributed by atoms with Crippen LogP contribution in [0.15, 0.2) is 71.9 Å². The first-order valence-corrected chi connectivity index (χ1v) is 9.55. The number of thioether (sulfide) groups is 1. The first-order chi connectivity index (χ1) is 12.7. The van der Waals surface area contributed by atoms with Crippen LogP contribution in [0.1, 0.15) is 12.5 Å². The highest BCUT2D eigenvalue weighted by molar-refractivity contribution is 7.99.